The van der Waals surface area contributed by atoms with E-state index in [0.29, 0.717) is 23.1 Å². The number of imidazole rings is 1. The van der Waals surface area contributed by atoms with Crippen LogP contribution >= 0.6 is 0 Å². The lowest BCUT2D eigenvalue weighted by Gasteiger charge is -2.09. The van der Waals surface area contributed by atoms with Crippen molar-refractivity contribution in [2.45, 2.75) is 6.92 Å². The molecule has 0 saturated heterocycles. The van der Waals surface area contributed by atoms with Gasteiger partial charge in [-0.15, -0.1) is 0 Å². The summed E-state index contributed by atoms with van der Waals surface area (Å²) in [5, 5.41) is 5.39. The minimum Gasteiger partial charge on any atom is -0.497 e. The highest BCUT2D eigenvalue weighted by Crippen LogP contribution is 2.17. The summed E-state index contributed by atoms with van der Waals surface area (Å²) in [7, 11) is 1.57. The molecule has 8 nitrogen and oxygen atoms in total. The summed E-state index contributed by atoms with van der Waals surface area (Å²) in [5.41, 5.74) is 1.11. The summed E-state index contributed by atoms with van der Waals surface area (Å²) in [5.74, 6) is 1.94. The van der Waals surface area contributed by atoms with Crippen LogP contribution in [0, 0.1) is 6.92 Å². The number of aromatic nitrogens is 4. The lowest BCUT2D eigenvalue weighted by molar-refractivity contribution is 0.262. The fourth-order valence-corrected chi connectivity index (χ4v) is 2.09. The fraction of sp³-hybridized carbons (Fsp3) is 0.125. The maximum absolute atomic E-state index is 12.0. The standard InChI is InChI=1S/C16H16N6O2/c1-11-17-6-7-22(11)15-18-9-13(10-19-15)21-16(23)20-12-4-3-5-14(8-12)24-2/h3-10H,1-2H3,(H2,20,21,23). The highest BCUT2D eigenvalue weighted by atomic mass is 16.5. The molecule has 0 spiro atoms. The van der Waals surface area contributed by atoms with E-state index in [4.69, 9.17) is 4.74 Å². The van der Waals surface area contributed by atoms with Crippen LogP contribution in [0.1, 0.15) is 5.82 Å². The van der Waals surface area contributed by atoms with E-state index in [1.165, 1.54) is 12.4 Å². The van der Waals surface area contributed by atoms with Crippen LogP contribution in [-0.2, 0) is 0 Å². The third-order valence-corrected chi connectivity index (χ3v) is 3.26. The van der Waals surface area contributed by atoms with Crippen molar-refractivity contribution in [3.05, 3.63) is 54.9 Å². The summed E-state index contributed by atoms with van der Waals surface area (Å²) < 4.78 is 6.86. The number of hydrogen-bond donors (Lipinski definition) is 2. The Balaban J connectivity index is 1.65. The number of methoxy groups -OCH3 is 1. The second-order valence-electron chi connectivity index (χ2n) is 4.93. The van der Waals surface area contributed by atoms with Gasteiger partial charge in [-0.2, -0.15) is 0 Å². The van der Waals surface area contributed by atoms with Crippen LogP contribution in [0.3, 0.4) is 0 Å². The first-order valence-electron chi connectivity index (χ1n) is 7.20. The van der Waals surface area contributed by atoms with Crippen LogP contribution in [0.5, 0.6) is 5.75 Å². The summed E-state index contributed by atoms with van der Waals surface area (Å²) in [6.07, 6.45) is 6.51. The molecule has 3 aromatic rings. The van der Waals surface area contributed by atoms with Crippen molar-refractivity contribution in [1.82, 2.24) is 19.5 Å². The van der Waals surface area contributed by atoms with Gasteiger partial charge in [0.05, 0.1) is 25.2 Å². The van der Waals surface area contributed by atoms with E-state index >= 15 is 0 Å². The molecular weight excluding hydrogens is 308 g/mol. The Kier molecular flexibility index (Phi) is 4.37. The number of aryl methyl sites for hydroxylation is 1. The Morgan fingerprint density at radius 3 is 2.54 bits per heavy atom. The molecule has 8 heteroatoms. The van der Waals surface area contributed by atoms with E-state index in [1.807, 2.05) is 6.92 Å². The number of rotatable bonds is 4. The van der Waals surface area contributed by atoms with E-state index in [2.05, 4.69) is 25.6 Å². The highest BCUT2D eigenvalue weighted by Gasteiger charge is 2.06. The number of carbonyl (C=O) groups is 1. The summed E-state index contributed by atoms with van der Waals surface area (Å²) in [6.45, 7) is 1.86. The maximum atomic E-state index is 12.0. The van der Waals surface area contributed by atoms with Crippen LogP contribution in [0.4, 0.5) is 16.2 Å². The quantitative estimate of drug-likeness (QED) is 0.769. The monoisotopic (exact) mass is 324 g/mol. The Morgan fingerprint density at radius 2 is 1.88 bits per heavy atom. The molecule has 24 heavy (non-hydrogen) atoms. The number of carbonyl (C=O) groups excluding carboxylic acids is 1. The van der Waals surface area contributed by atoms with E-state index in [1.54, 1.807) is 48.3 Å². The second-order valence-corrected chi connectivity index (χ2v) is 4.93. The molecule has 3 rings (SSSR count). The van der Waals surface area contributed by atoms with Crippen molar-refractivity contribution >= 4 is 17.4 Å². The van der Waals surface area contributed by atoms with Crippen molar-refractivity contribution in [2.24, 2.45) is 0 Å². The molecule has 2 amide bonds. The fourth-order valence-electron chi connectivity index (χ4n) is 2.09. The number of ether oxygens (including phenoxy) is 1. The SMILES string of the molecule is COc1cccc(NC(=O)Nc2cnc(-n3ccnc3C)nc2)c1. The van der Waals surface area contributed by atoms with Crippen LogP contribution in [0.15, 0.2) is 49.1 Å². The van der Waals surface area contributed by atoms with Gasteiger partial charge in [0.15, 0.2) is 0 Å². The van der Waals surface area contributed by atoms with Gasteiger partial charge in [0.2, 0.25) is 5.95 Å². The molecule has 0 aliphatic rings. The van der Waals surface area contributed by atoms with E-state index in [9.17, 15) is 4.79 Å². The molecule has 0 aliphatic heterocycles. The third kappa shape index (κ3) is 3.49. The van der Waals surface area contributed by atoms with Crippen LogP contribution in [0.2, 0.25) is 0 Å². The largest absolute Gasteiger partial charge is 0.497 e. The van der Waals surface area contributed by atoms with E-state index in [0.717, 1.165) is 5.82 Å². The first-order valence-corrected chi connectivity index (χ1v) is 7.20. The van der Waals surface area contributed by atoms with Gasteiger partial charge in [-0.1, -0.05) is 6.07 Å². The molecule has 0 unspecified atom stereocenters. The first-order chi connectivity index (χ1) is 11.7. The van der Waals surface area contributed by atoms with Gasteiger partial charge in [0.1, 0.15) is 11.6 Å². The molecule has 0 fully saturated rings. The summed E-state index contributed by atoms with van der Waals surface area (Å²) in [4.78, 5) is 24.6. The molecule has 2 N–H and O–H groups in total. The highest BCUT2D eigenvalue weighted by molar-refractivity contribution is 5.99. The van der Waals surface area contributed by atoms with Gasteiger partial charge < -0.3 is 15.4 Å². The molecule has 1 aromatic carbocycles. The Hall–Kier alpha value is -3.42. The summed E-state index contributed by atoms with van der Waals surface area (Å²) in [6, 6.07) is 6.69. The van der Waals surface area contributed by atoms with E-state index < -0.39 is 6.03 Å². The topological polar surface area (TPSA) is 94.0 Å². The second kappa shape index (κ2) is 6.78. The predicted octanol–water partition coefficient (Wildman–Crippen LogP) is 2.62. The average Bonchev–Trinajstić information content (AvgIpc) is 3.01. The van der Waals surface area contributed by atoms with Crippen LogP contribution in [0.25, 0.3) is 5.95 Å². The number of nitrogens with zero attached hydrogens (tertiary/aromatic N) is 4. The van der Waals surface area contributed by atoms with Crippen molar-refractivity contribution < 1.29 is 9.53 Å². The first kappa shape index (κ1) is 15.5. The zero-order valence-corrected chi connectivity index (χ0v) is 13.2. The molecular formula is C16H16N6O2. The number of amides is 2. The summed E-state index contributed by atoms with van der Waals surface area (Å²) >= 11 is 0. The molecule has 0 aliphatic carbocycles. The van der Waals surface area contributed by atoms with Crippen molar-refractivity contribution in [1.29, 1.82) is 0 Å². The molecule has 0 saturated carbocycles. The number of hydrogen-bond acceptors (Lipinski definition) is 5. The lowest BCUT2D eigenvalue weighted by atomic mass is 10.3. The van der Waals surface area contributed by atoms with Crippen molar-refractivity contribution in [3.63, 3.8) is 0 Å². The molecule has 0 atom stereocenters. The van der Waals surface area contributed by atoms with Crippen LogP contribution < -0.4 is 15.4 Å². The number of nitrogens with one attached hydrogen (secondary N) is 2. The zero-order chi connectivity index (χ0) is 16.9. The molecule has 2 heterocycles. The normalized spacial score (nSPS) is 10.2. The lowest BCUT2D eigenvalue weighted by Crippen LogP contribution is -2.19. The number of urea groups is 1. The Labute approximate surface area is 138 Å². The van der Waals surface area contributed by atoms with Gasteiger partial charge in [-0.25, -0.2) is 19.7 Å². The maximum Gasteiger partial charge on any atom is 0.323 e. The van der Waals surface area contributed by atoms with E-state index in [-0.39, 0.29) is 0 Å². The Morgan fingerprint density at radius 1 is 1.12 bits per heavy atom. The molecule has 0 bridgehead atoms. The molecule has 2 aromatic heterocycles. The van der Waals surface area contributed by atoms with Gasteiger partial charge in [0.25, 0.3) is 0 Å². The van der Waals surface area contributed by atoms with Gasteiger partial charge in [-0.3, -0.25) is 4.57 Å². The average molecular weight is 324 g/mol. The Bertz CT molecular complexity index is 844. The third-order valence-electron chi connectivity index (χ3n) is 3.26. The zero-order valence-electron chi connectivity index (χ0n) is 13.2. The van der Waals surface area contributed by atoms with Gasteiger partial charge >= 0.3 is 6.03 Å². The van der Waals surface area contributed by atoms with Crippen molar-refractivity contribution in [3.8, 4) is 11.7 Å². The molecule has 122 valence electrons. The predicted molar refractivity (Wildman–Crippen MR) is 89.5 cm³/mol. The van der Waals surface area contributed by atoms with Crippen molar-refractivity contribution in [2.75, 3.05) is 17.7 Å². The van der Waals surface area contributed by atoms with Gasteiger partial charge in [0, 0.05) is 24.1 Å². The number of anilines is 2. The smallest absolute Gasteiger partial charge is 0.323 e. The minimum atomic E-state index is -0.390. The minimum absolute atomic E-state index is 0.390. The van der Waals surface area contributed by atoms with Gasteiger partial charge in [-0.05, 0) is 19.1 Å². The van der Waals surface area contributed by atoms with Crippen LogP contribution in [-0.4, -0.2) is 32.7 Å². The number of benzene rings is 1. The molecule has 0 radical (unpaired) electrons.